The van der Waals surface area contributed by atoms with Crippen molar-refractivity contribution in [3.8, 4) is 11.5 Å². The Bertz CT molecular complexity index is 1190. The summed E-state index contributed by atoms with van der Waals surface area (Å²) in [6, 6.07) is 23.1. The molecule has 32 heavy (non-hydrogen) atoms. The van der Waals surface area contributed by atoms with E-state index >= 15 is 0 Å². The summed E-state index contributed by atoms with van der Waals surface area (Å²) in [5.41, 5.74) is 3.77. The fourth-order valence-corrected chi connectivity index (χ4v) is 4.22. The molecule has 2 atom stereocenters. The quantitative estimate of drug-likeness (QED) is 0.657. The fourth-order valence-electron chi connectivity index (χ4n) is 4.22. The Morgan fingerprint density at radius 3 is 2.03 bits per heavy atom. The molecule has 6 nitrogen and oxygen atoms in total. The highest BCUT2D eigenvalue weighted by Crippen LogP contribution is 2.26. The van der Waals surface area contributed by atoms with Crippen molar-refractivity contribution < 1.29 is 15.0 Å². The molecule has 0 saturated heterocycles. The van der Waals surface area contributed by atoms with Gasteiger partial charge >= 0.3 is 0 Å². The molecule has 0 bridgehead atoms. The first kappa shape index (κ1) is 20.0. The van der Waals surface area contributed by atoms with Crippen LogP contribution in [0.25, 0.3) is 0 Å². The predicted octanol–water partition coefficient (Wildman–Crippen LogP) is 3.36. The topological polar surface area (TPSA) is 85.5 Å². The summed E-state index contributed by atoms with van der Waals surface area (Å²) >= 11 is 0. The van der Waals surface area contributed by atoms with Gasteiger partial charge < -0.3 is 10.2 Å². The molecular weight excluding hydrogens is 402 g/mol. The first-order chi connectivity index (χ1) is 15.6. The average Bonchev–Trinajstić information content (AvgIpc) is 3.12. The van der Waals surface area contributed by atoms with Crippen molar-refractivity contribution in [3.63, 3.8) is 0 Å². The van der Waals surface area contributed by atoms with Gasteiger partial charge in [0.15, 0.2) is 0 Å². The number of amides is 1. The van der Waals surface area contributed by atoms with Crippen LogP contribution in [0.1, 0.15) is 16.7 Å². The molecular formula is C26H23N3O3. The minimum Gasteiger partial charge on any atom is -0.508 e. The van der Waals surface area contributed by atoms with Crippen LogP contribution >= 0.6 is 0 Å². The second-order valence-electron chi connectivity index (χ2n) is 8.13. The van der Waals surface area contributed by atoms with E-state index < -0.39 is 6.04 Å². The van der Waals surface area contributed by atoms with E-state index in [0.29, 0.717) is 25.2 Å². The number of rotatable bonds is 5. The maximum Gasteiger partial charge on any atom is 0.253 e. The molecule has 3 aromatic rings. The SMILES string of the molecule is O=C1C(Cc2ccc(O)cc2)N=C2C(Cc3ccccc3)N=C(c3ccc(O)cc3)CN12. The van der Waals surface area contributed by atoms with Crippen molar-refractivity contribution in [1.29, 1.82) is 0 Å². The second kappa shape index (κ2) is 8.30. The summed E-state index contributed by atoms with van der Waals surface area (Å²) in [7, 11) is 0. The molecule has 0 radical (unpaired) electrons. The van der Waals surface area contributed by atoms with E-state index in [-0.39, 0.29) is 23.4 Å². The summed E-state index contributed by atoms with van der Waals surface area (Å²) in [5.74, 6) is 1.08. The number of carbonyl (C=O) groups is 1. The van der Waals surface area contributed by atoms with Gasteiger partial charge in [0.2, 0.25) is 0 Å². The molecule has 5 rings (SSSR count). The first-order valence-electron chi connectivity index (χ1n) is 10.6. The number of hydrogen-bond acceptors (Lipinski definition) is 5. The van der Waals surface area contributed by atoms with Gasteiger partial charge in [-0.15, -0.1) is 0 Å². The Balaban J connectivity index is 1.47. The number of hydrogen-bond donors (Lipinski definition) is 2. The van der Waals surface area contributed by atoms with E-state index in [9.17, 15) is 15.0 Å². The zero-order valence-electron chi connectivity index (χ0n) is 17.4. The van der Waals surface area contributed by atoms with Crippen LogP contribution in [0.2, 0.25) is 0 Å². The van der Waals surface area contributed by atoms with Gasteiger partial charge in [0.25, 0.3) is 5.91 Å². The lowest BCUT2D eigenvalue weighted by Gasteiger charge is -2.29. The Hall–Kier alpha value is -3.93. The van der Waals surface area contributed by atoms with Gasteiger partial charge in [-0.2, -0.15) is 0 Å². The highest BCUT2D eigenvalue weighted by atomic mass is 16.3. The van der Waals surface area contributed by atoms with Crippen molar-refractivity contribution in [3.05, 3.63) is 95.6 Å². The van der Waals surface area contributed by atoms with Gasteiger partial charge in [0.05, 0.1) is 12.3 Å². The summed E-state index contributed by atoms with van der Waals surface area (Å²) in [6.07, 6.45) is 1.13. The Labute approximate surface area is 186 Å². The number of aromatic hydroxyl groups is 2. The van der Waals surface area contributed by atoms with Crippen LogP contribution in [-0.2, 0) is 17.6 Å². The van der Waals surface area contributed by atoms with Crippen LogP contribution in [0.4, 0.5) is 0 Å². The van der Waals surface area contributed by atoms with Gasteiger partial charge in [-0.3, -0.25) is 19.7 Å². The van der Waals surface area contributed by atoms with E-state index in [2.05, 4.69) is 12.1 Å². The molecule has 6 heteroatoms. The molecule has 0 fully saturated rings. The monoisotopic (exact) mass is 425 g/mol. The van der Waals surface area contributed by atoms with Crippen LogP contribution in [0, 0.1) is 0 Å². The van der Waals surface area contributed by atoms with E-state index in [1.165, 1.54) is 0 Å². The Kier molecular flexibility index (Phi) is 5.19. The third-order valence-electron chi connectivity index (χ3n) is 5.87. The molecule has 2 aliphatic rings. The lowest BCUT2D eigenvalue weighted by Crippen LogP contribution is -2.48. The van der Waals surface area contributed by atoms with E-state index in [4.69, 9.17) is 9.98 Å². The predicted molar refractivity (Wildman–Crippen MR) is 123 cm³/mol. The standard InChI is InChI=1S/C26H23N3O3/c30-20-10-6-18(7-11-20)15-23-26(32)29-16-24(19-8-12-21(31)13-9-19)27-22(25(29)28-23)14-17-4-2-1-3-5-17/h1-13,22-23,30-31H,14-16H2. The molecule has 2 heterocycles. The summed E-state index contributed by atoms with van der Waals surface area (Å²) in [4.78, 5) is 24.9. The van der Waals surface area contributed by atoms with Crippen molar-refractivity contribution >= 4 is 17.5 Å². The van der Waals surface area contributed by atoms with Crippen molar-refractivity contribution in [2.24, 2.45) is 9.98 Å². The Morgan fingerprint density at radius 2 is 1.34 bits per heavy atom. The normalized spacial score (nSPS) is 20.0. The summed E-state index contributed by atoms with van der Waals surface area (Å²) in [6.45, 7) is 0.361. The first-order valence-corrected chi connectivity index (χ1v) is 10.6. The third kappa shape index (κ3) is 3.99. The van der Waals surface area contributed by atoms with Crippen LogP contribution in [0.3, 0.4) is 0 Å². The lowest BCUT2D eigenvalue weighted by molar-refractivity contribution is -0.126. The van der Waals surface area contributed by atoms with Crippen LogP contribution < -0.4 is 0 Å². The molecule has 160 valence electrons. The molecule has 2 unspecified atom stereocenters. The lowest BCUT2D eigenvalue weighted by atomic mass is 10.0. The molecule has 1 amide bonds. The van der Waals surface area contributed by atoms with Gasteiger partial charge in [0.1, 0.15) is 29.4 Å². The fraction of sp³-hybridized carbons (Fsp3) is 0.192. The maximum atomic E-state index is 13.3. The van der Waals surface area contributed by atoms with E-state index in [1.54, 1.807) is 29.2 Å². The van der Waals surface area contributed by atoms with E-state index in [0.717, 1.165) is 22.4 Å². The number of amidine groups is 1. The molecule has 0 spiro atoms. The number of aliphatic imine (C=N–C) groups is 2. The summed E-state index contributed by atoms with van der Waals surface area (Å²) in [5, 5.41) is 19.2. The largest absolute Gasteiger partial charge is 0.508 e. The zero-order chi connectivity index (χ0) is 22.1. The molecule has 3 aromatic carbocycles. The van der Waals surface area contributed by atoms with Crippen molar-refractivity contribution in [2.75, 3.05) is 6.54 Å². The van der Waals surface area contributed by atoms with Crippen LogP contribution in [0.5, 0.6) is 11.5 Å². The number of fused-ring (bicyclic) bond motifs is 1. The zero-order valence-corrected chi connectivity index (χ0v) is 17.4. The maximum absolute atomic E-state index is 13.3. The van der Waals surface area contributed by atoms with Crippen molar-refractivity contribution in [1.82, 2.24) is 4.90 Å². The molecule has 2 N–H and O–H groups in total. The number of phenols is 2. The highest BCUT2D eigenvalue weighted by molar-refractivity contribution is 6.16. The van der Waals surface area contributed by atoms with Gasteiger partial charge in [0, 0.05) is 12.8 Å². The molecule has 2 aliphatic heterocycles. The third-order valence-corrected chi connectivity index (χ3v) is 5.87. The van der Waals surface area contributed by atoms with Gasteiger partial charge in [-0.1, -0.05) is 42.5 Å². The van der Waals surface area contributed by atoms with Gasteiger partial charge in [-0.05, 0) is 53.1 Å². The average molecular weight is 425 g/mol. The summed E-state index contributed by atoms with van der Waals surface area (Å²) < 4.78 is 0. The minimum absolute atomic E-state index is 0.0303. The van der Waals surface area contributed by atoms with Crippen LogP contribution in [-0.4, -0.2) is 51.2 Å². The number of nitrogens with zero attached hydrogens (tertiary/aromatic N) is 3. The highest BCUT2D eigenvalue weighted by Gasteiger charge is 2.41. The molecule has 0 aliphatic carbocycles. The minimum atomic E-state index is -0.498. The molecule has 0 saturated carbocycles. The molecule has 0 aromatic heterocycles. The smallest absolute Gasteiger partial charge is 0.253 e. The number of benzene rings is 3. The van der Waals surface area contributed by atoms with Gasteiger partial charge in [-0.25, -0.2) is 0 Å². The number of carbonyl (C=O) groups excluding carboxylic acids is 1. The van der Waals surface area contributed by atoms with E-state index in [1.807, 2.05) is 42.5 Å². The van der Waals surface area contributed by atoms with Crippen LogP contribution in [0.15, 0.2) is 88.8 Å². The second-order valence-corrected chi connectivity index (χ2v) is 8.13. The van der Waals surface area contributed by atoms with Crippen molar-refractivity contribution in [2.45, 2.75) is 24.9 Å². The number of phenolic OH excluding ortho intramolecular Hbond substituents is 2. The Morgan fingerprint density at radius 1 is 0.750 bits per heavy atom.